The number of hydrogen-bond donors (Lipinski definition) is 0. The van der Waals surface area contributed by atoms with Gasteiger partial charge in [-0.15, -0.1) is 0 Å². The molecule has 0 saturated carbocycles. The zero-order valence-corrected chi connectivity index (χ0v) is 11.6. The van der Waals surface area contributed by atoms with Gasteiger partial charge in [0.25, 0.3) is 0 Å². The first-order valence-electron chi connectivity index (χ1n) is 6.35. The molecule has 1 aromatic carbocycles. The normalized spacial score (nSPS) is 10.5. The summed E-state index contributed by atoms with van der Waals surface area (Å²) in [5.74, 6) is 0.917. The van der Waals surface area contributed by atoms with E-state index in [-0.39, 0.29) is 5.78 Å². The molecule has 1 aromatic heterocycles. The summed E-state index contributed by atoms with van der Waals surface area (Å²) in [4.78, 5) is 14.1. The Balaban J connectivity index is 1.96. The van der Waals surface area contributed by atoms with E-state index in [1.54, 1.807) is 30.5 Å². The van der Waals surface area contributed by atoms with Crippen LogP contribution >= 0.6 is 0 Å². The van der Waals surface area contributed by atoms with Gasteiger partial charge >= 0.3 is 0 Å². The lowest BCUT2D eigenvalue weighted by molar-refractivity contribution is 0.0942. The molecule has 0 bridgehead atoms. The molecular weight excluding hydrogens is 252 g/mol. The largest absolute Gasteiger partial charge is 0.469 e. The van der Waals surface area contributed by atoms with Crippen LogP contribution in [-0.4, -0.2) is 24.3 Å². The minimum atomic E-state index is 0.0399. The summed E-state index contributed by atoms with van der Waals surface area (Å²) in [6.45, 7) is 2.91. The van der Waals surface area contributed by atoms with Crippen molar-refractivity contribution in [1.82, 2.24) is 4.90 Å². The highest BCUT2D eigenvalue weighted by Crippen LogP contribution is 2.12. The van der Waals surface area contributed by atoms with Gasteiger partial charge in [0, 0.05) is 17.7 Å². The topological polar surface area (TPSA) is 57.2 Å². The quantitative estimate of drug-likeness (QED) is 0.782. The van der Waals surface area contributed by atoms with Crippen molar-refractivity contribution in [3.63, 3.8) is 0 Å². The van der Waals surface area contributed by atoms with E-state index >= 15 is 0 Å². The Morgan fingerprint density at radius 1 is 1.30 bits per heavy atom. The van der Waals surface area contributed by atoms with Crippen LogP contribution in [0.3, 0.4) is 0 Å². The van der Waals surface area contributed by atoms with Crippen molar-refractivity contribution < 1.29 is 9.21 Å². The highest BCUT2D eigenvalue weighted by atomic mass is 16.3. The maximum atomic E-state index is 12.1. The first-order chi connectivity index (χ1) is 9.60. The average molecular weight is 268 g/mol. The molecule has 4 heteroatoms. The number of carbonyl (C=O) groups is 1. The SMILES string of the molecule is Cc1occc1CN(C)CC(=O)c1ccc(C#N)cc1. The lowest BCUT2D eigenvalue weighted by Gasteiger charge is -2.15. The number of rotatable bonds is 5. The molecule has 0 spiro atoms. The number of nitrogens with zero attached hydrogens (tertiary/aromatic N) is 2. The van der Waals surface area contributed by atoms with E-state index in [4.69, 9.17) is 9.68 Å². The summed E-state index contributed by atoms with van der Waals surface area (Å²) in [5, 5.41) is 8.73. The maximum Gasteiger partial charge on any atom is 0.176 e. The zero-order valence-electron chi connectivity index (χ0n) is 11.6. The van der Waals surface area contributed by atoms with E-state index in [1.165, 1.54) is 0 Å². The van der Waals surface area contributed by atoms with Crippen molar-refractivity contribution in [1.29, 1.82) is 5.26 Å². The van der Waals surface area contributed by atoms with Crippen LogP contribution in [0, 0.1) is 18.3 Å². The molecule has 1 heterocycles. The van der Waals surface area contributed by atoms with Gasteiger partial charge in [0.15, 0.2) is 5.78 Å². The van der Waals surface area contributed by atoms with Gasteiger partial charge in [0.05, 0.1) is 24.4 Å². The lowest BCUT2D eigenvalue weighted by Crippen LogP contribution is -2.25. The van der Waals surface area contributed by atoms with Crippen molar-refractivity contribution in [3.8, 4) is 6.07 Å². The average Bonchev–Trinajstić information content (AvgIpc) is 2.84. The predicted molar refractivity (Wildman–Crippen MR) is 75.3 cm³/mol. The molecule has 0 fully saturated rings. The van der Waals surface area contributed by atoms with E-state index in [9.17, 15) is 4.79 Å². The number of carbonyl (C=O) groups excluding carboxylic acids is 1. The van der Waals surface area contributed by atoms with Crippen LogP contribution in [-0.2, 0) is 6.54 Å². The number of benzene rings is 1. The van der Waals surface area contributed by atoms with E-state index < -0.39 is 0 Å². The van der Waals surface area contributed by atoms with Gasteiger partial charge < -0.3 is 4.42 Å². The van der Waals surface area contributed by atoms with Crippen molar-refractivity contribution in [3.05, 3.63) is 59.0 Å². The van der Waals surface area contributed by atoms with Gasteiger partial charge in [-0.25, -0.2) is 0 Å². The predicted octanol–water partition coefficient (Wildman–Crippen LogP) is 2.77. The second-order valence-corrected chi connectivity index (χ2v) is 4.79. The third kappa shape index (κ3) is 3.34. The second-order valence-electron chi connectivity index (χ2n) is 4.79. The van der Waals surface area contributed by atoms with Crippen molar-refractivity contribution in [2.45, 2.75) is 13.5 Å². The molecule has 0 saturated heterocycles. The number of hydrogen-bond acceptors (Lipinski definition) is 4. The Morgan fingerprint density at radius 3 is 2.55 bits per heavy atom. The van der Waals surface area contributed by atoms with Crippen LogP contribution < -0.4 is 0 Å². The molecule has 2 aromatic rings. The third-order valence-electron chi connectivity index (χ3n) is 3.16. The number of nitriles is 1. The zero-order chi connectivity index (χ0) is 14.5. The summed E-state index contributed by atoms with van der Waals surface area (Å²) in [7, 11) is 1.90. The Morgan fingerprint density at radius 2 is 2.00 bits per heavy atom. The smallest absolute Gasteiger partial charge is 0.176 e. The van der Waals surface area contributed by atoms with Gasteiger partial charge in [-0.2, -0.15) is 5.26 Å². The molecule has 0 aliphatic rings. The van der Waals surface area contributed by atoms with E-state index in [1.807, 2.05) is 31.0 Å². The van der Waals surface area contributed by atoms with E-state index in [0.29, 0.717) is 24.2 Å². The number of furan rings is 1. The van der Waals surface area contributed by atoms with Gasteiger partial charge in [0.1, 0.15) is 5.76 Å². The summed E-state index contributed by atoms with van der Waals surface area (Å²) in [6.07, 6.45) is 1.65. The van der Waals surface area contributed by atoms with Crippen LogP contribution in [0.25, 0.3) is 0 Å². The van der Waals surface area contributed by atoms with Gasteiger partial charge in [-0.1, -0.05) is 12.1 Å². The van der Waals surface area contributed by atoms with Crippen LogP contribution in [0.2, 0.25) is 0 Å². The first-order valence-corrected chi connectivity index (χ1v) is 6.35. The van der Waals surface area contributed by atoms with Crippen LogP contribution in [0.15, 0.2) is 41.0 Å². The molecule has 102 valence electrons. The molecule has 0 N–H and O–H groups in total. The standard InChI is InChI=1S/C16H16N2O2/c1-12-15(7-8-20-12)10-18(2)11-16(19)14-5-3-13(9-17)4-6-14/h3-8H,10-11H2,1-2H3. The highest BCUT2D eigenvalue weighted by Gasteiger charge is 2.11. The molecule has 20 heavy (non-hydrogen) atoms. The fraction of sp³-hybridized carbons (Fsp3) is 0.250. The number of Topliss-reactive ketones (excluding diaryl/α,β-unsaturated/α-hetero) is 1. The van der Waals surface area contributed by atoms with Crippen molar-refractivity contribution >= 4 is 5.78 Å². The van der Waals surface area contributed by atoms with Crippen molar-refractivity contribution in [2.24, 2.45) is 0 Å². The minimum absolute atomic E-state index is 0.0399. The first kappa shape index (κ1) is 14.0. The molecule has 0 aliphatic heterocycles. The number of likely N-dealkylation sites (N-methyl/N-ethyl adjacent to an activating group) is 1. The van der Waals surface area contributed by atoms with Crippen LogP contribution in [0.4, 0.5) is 0 Å². The summed E-state index contributed by atoms with van der Waals surface area (Å²) < 4.78 is 5.24. The fourth-order valence-electron chi connectivity index (χ4n) is 1.99. The molecule has 0 radical (unpaired) electrons. The summed E-state index contributed by atoms with van der Waals surface area (Å²) >= 11 is 0. The minimum Gasteiger partial charge on any atom is -0.469 e. The Labute approximate surface area is 118 Å². The Kier molecular flexibility index (Phi) is 4.34. The fourth-order valence-corrected chi connectivity index (χ4v) is 1.99. The summed E-state index contributed by atoms with van der Waals surface area (Å²) in [6, 6.07) is 10.7. The van der Waals surface area contributed by atoms with Gasteiger partial charge in [0.2, 0.25) is 0 Å². The molecular formula is C16H16N2O2. The Hall–Kier alpha value is -2.38. The number of ketones is 1. The molecule has 0 atom stereocenters. The molecule has 0 amide bonds. The second kappa shape index (κ2) is 6.18. The highest BCUT2D eigenvalue weighted by molar-refractivity contribution is 5.97. The summed E-state index contributed by atoms with van der Waals surface area (Å²) in [5.41, 5.74) is 2.27. The van der Waals surface area contributed by atoms with Gasteiger partial charge in [-0.05, 0) is 32.2 Å². The molecule has 2 rings (SSSR count). The number of aryl methyl sites for hydroxylation is 1. The molecule has 4 nitrogen and oxygen atoms in total. The van der Waals surface area contributed by atoms with Crippen molar-refractivity contribution in [2.75, 3.05) is 13.6 Å². The van der Waals surface area contributed by atoms with Gasteiger partial charge in [-0.3, -0.25) is 9.69 Å². The lowest BCUT2D eigenvalue weighted by atomic mass is 10.1. The molecule has 0 unspecified atom stereocenters. The Bertz CT molecular complexity index is 635. The monoisotopic (exact) mass is 268 g/mol. The third-order valence-corrected chi connectivity index (χ3v) is 3.16. The van der Waals surface area contributed by atoms with Crippen LogP contribution in [0.5, 0.6) is 0 Å². The van der Waals surface area contributed by atoms with Crippen LogP contribution in [0.1, 0.15) is 27.2 Å². The van der Waals surface area contributed by atoms with E-state index in [2.05, 4.69) is 0 Å². The molecule has 0 aliphatic carbocycles. The maximum absolute atomic E-state index is 12.1. The van der Waals surface area contributed by atoms with E-state index in [0.717, 1.165) is 11.3 Å².